The second-order valence-corrected chi connectivity index (χ2v) is 8.34. The third-order valence-corrected chi connectivity index (χ3v) is 5.76. The number of hydrogen-bond donors (Lipinski definition) is 2. The van der Waals surface area contributed by atoms with E-state index < -0.39 is 5.92 Å². The molecular formula is C22H23ClF2N6O2. The van der Waals surface area contributed by atoms with Crippen molar-refractivity contribution in [3.05, 3.63) is 47.4 Å². The highest BCUT2D eigenvalue weighted by Gasteiger charge is 2.35. The second kappa shape index (κ2) is 9.30. The Bertz CT molecular complexity index is 1160. The Balaban J connectivity index is 1.49. The van der Waals surface area contributed by atoms with Gasteiger partial charge in [-0.15, -0.1) is 0 Å². The first-order valence-corrected chi connectivity index (χ1v) is 10.8. The molecule has 2 N–H and O–H groups in total. The smallest absolute Gasteiger partial charge is 0.251 e. The van der Waals surface area contributed by atoms with Crippen LogP contribution in [0.2, 0.25) is 5.02 Å². The molecule has 174 valence electrons. The van der Waals surface area contributed by atoms with E-state index in [1.54, 1.807) is 42.3 Å². The lowest BCUT2D eigenvalue weighted by molar-refractivity contribution is -0.0399. The quantitative estimate of drug-likeness (QED) is 0.540. The fraction of sp³-hybridized carbons (Fsp3) is 0.364. The van der Waals surface area contributed by atoms with E-state index in [4.69, 9.17) is 16.3 Å². The van der Waals surface area contributed by atoms with Crippen LogP contribution in [0.1, 0.15) is 36.0 Å². The summed E-state index contributed by atoms with van der Waals surface area (Å²) in [6, 6.07) is 4.60. The van der Waals surface area contributed by atoms with Crippen molar-refractivity contribution >= 4 is 29.1 Å². The van der Waals surface area contributed by atoms with Gasteiger partial charge in [-0.05, 0) is 31.0 Å². The molecule has 2 aromatic heterocycles. The van der Waals surface area contributed by atoms with E-state index in [0.717, 1.165) is 5.56 Å². The van der Waals surface area contributed by atoms with Gasteiger partial charge in [-0.1, -0.05) is 11.6 Å². The first kappa shape index (κ1) is 22.9. The van der Waals surface area contributed by atoms with Crippen molar-refractivity contribution in [1.29, 1.82) is 0 Å². The number of nitrogens with zero attached hydrogens (tertiary/aromatic N) is 4. The SMILES string of the molecule is COc1cc(C(=O)NC2CCC(F)(F)CC2)ccc1Nc1ncc(Cl)c(-c2cnn(C)c2)n1. The van der Waals surface area contributed by atoms with Crippen molar-refractivity contribution in [2.75, 3.05) is 12.4 Å². The topological polar surface area (TPSA) is 94.0 Å². The number of carbonyl (C=O) groups excluding carboxylic acids is 1. The van der Waals surface area contributed by atoms with Crippen LogP contribution >= 0.6 is 11.6 Å². The van der Waals surface area contributed by atoms with Gasteiger partial charge in [-0.25, -0.2) is 18.7 Å². The molecule has 0 aliphatic heterocycles. The lowest BCUT2D eigenvalue weighted by atomic mass is 9.92. The van der Waals surface area contributed by atoms with Crippen LogP contribution in [-0.2, 0) is 7.05 Å². The summed E-state index contributed by atoms with van der Waals surface area (Å²) in [5, 5.41) is 10.4. The van der Waals surface area contributed by atoms with Crippen molar-refractivity contribution in [1.82, 2.24) is 25.1 Å². The molecule has 0 spiro atoms. The number of carbonyl (C=O) groups is 1. The van der Waals surface area contributed by atoms with Gasteiger partial charge in [-0.2, -0.15) is 5.10 Å². The fourth-order valence-corrected chi connectivity index (χ4v) is 3.88. The van der Waals surface area contributed by atoms with E-state index in [1.807, 2.05) is 0 Å². The molecule has 33 heavy (non-hydrogen) atoms. The molecule has 1 aliphatic carbocycles. The Hall–Kier alpha value is -3.27. The lowest BCUT2D eigenvalue weighted by Crippen LogP contribution is -2.40. The number of alkyl halides is 2. The predicted molar refractivity (Wildman–Crippen MR) is 120 cm³/mol. The number of benzene rings is 1. The number of hydrogen-bond acceptors (Lipinski definition) is 6. The van der Waals surface area contributed by atoms with E-state index in [0.29, 0.717) is 27.7 Å². The minimum atomic E-state index is -2.64. The number of aryl methyl sites for hydroxylation is 1. The summed E-state index contributed by atoms with van der Waals surface area (Å²) in [7, 11) is 3.28. The van der Waals surface area contributed by atoms with E-state index in [-0.39, 0.29) is 43.6 Å². The lowest BCUT2D eigenvalue weighted by Gasteiger charge is -2.28. The van der Waals surface area contributed by atoms with Gasteiger partial charge in [0.25, 0.3) is 5.91 Å². The highest BCUT2D eigenvalue weighted by Crippen LogP contribution is 2.34. The molecular weight excluding hydrogens is 454 g/mol. The van der Waals surface area contributed by atoms with E-state index in [1.165, 1.54) is 13.3 Å². The molecule has 0 saturated heterocycles. The highest BCUT2D eigenvalue weighted by molar-refractivity contribution is 6.32. The molecule has 1 aromatic carbocycles. The zero-order valence-corrected chi connectivity index (χ0v) is 18.9. The Labute approximate surface area is 194 Å². The standard InChI is InChI=1S/C22H23ClF2N6O2/c1-31-12-14(10-27-31)19-16(23)11-26-21(30-19)29-17-4-3-13(9-18(17)33-2)20(32)28-15-5-7-22(24,25)8-6-15/h3-4,9-12,15H,5-8H2,1-2H3,(H,28,32)(H,26,29,30). The Kier molecular flexibility index (Phi) is 6.46. The molecule has 0 atom stereocenters. The van der Waals surface area contributed by atoms with E-state index in [2.05, 4.69) is 25.7 Å². The van der Waals surface area contributed by atoms with Crippen LogP contribution in [0.15, 0.2) is 36.8 Å². The van der Waals surface area contributed by atoms with Gasteiger partial charge in [0.15, 0.2) is 0 Å². The summed E-state index contributed by atoms with van der Waals surface area (Å²) < 4.78 is 33.8. The average Bonchev–Trinajstić information content (AvgIpc) is 3.22. The van der Waals surface area contributed by atoms with Crippen LogP contribution in [0.5, 0.6) is 5.75 Å². The van der Waals surface area contributed by atoms with Crippen molar-refractivity contribution in [3.8, 4) is 17.0 Å². The molecule has 4 rings (SSSR count). The fourth-order valence-electron chi connectivity index (χ4n) is 3.68. The molecule has 11 heteroatoms. The van der Waals surface area contributed by atoms with Crippen molar-refractivity contribution in [2.45, 2.75) is 37.6 Å². The number of rotatable bonds is 6. The number of nitrogens with one attached hydrogen (secondary N) is 2. The van der Waals surface area contributed by atoms with Gasteiger partial charge < -0.3 is 15.4 Å². The Morgan fingerprint density at radius 3 is 2.70 bits per heavy atom. The van der Waals surface area contributed by atoms with Crippen molar-refractivity contribution < 1.29 is 18.3 Å². The maximum Gasteiger partial charge on any atom is 0.251 e. The van der Waals surface area contributed by atoms with Gasteiger partial charge >= 0.3 is 0 Å². The summed E-state index contributed by atoms with van der Waals surface area (Å²) >= 11 is 6.25. The third kappa shape index (κ3) is 5.39. The third-order valence-electron chi connectivity index (χ3n) is 5.48. The number of anilines is 2. The van der Waals surface area contributed by atoms with Crippen LogP contribution in [0.25, 0.3) is 11.3 Å². The first-order chi connectivity index (χ1) is 15.7. The molecule has 2 heterocycles. The zero-order valence-electron chi connectivity index (χ0n) is 18.1. The van der Waals surface area contributed by atoms with Gasteiger partial charge in [-0.3, -0.25) is 9.48 Å². The van der Waals surface area contributed by atoms with Gasteiger partial charge in [0.05, 0.1) is 35.9 Å². The molecule has 1 amide bonds. The van der Waals surface area contributed by atoms with E-state index >= 15 is 0 Å². The van der Waals surface area contributed by atoms with Crippen LogP contribution in [-0.4, -0.2) is 44.7 Å². The number of aromatic nitrogens is 4. The molecule has 0 unspecified atom stereocenters. The minimum Gasteiger partial charge on any atom is -0.495 e. The zero-order chi connectivity index (χ0) is 23.6. The molecule has 0 bridgehead atoms. The highest BCUT2D eigenvalue weighted by atomic mass is 35.5. The largest absolute Gasteiger partial charge is 0.495 e. The molecule has 0 radical (unpaired) electrons. The van der Waals surface area contributed by atoms with Crippen LogP contribution in [0.4, 0.5) is 20.4 Å². The van der Waals surface area contributed by atoms with Crippen LogP contribution < -0.4 is 15.4 Å². The van der Waals surface area contributed by atoms with Crippen LogP contribution in [0, 0.1) is 0 Å². The maximum absolute atomic E-state index is 13.3. The van der Waals surface area contributed by atoms with Gasteiger partial charge in [0, 0.05) is 43.3 Å². The Morgan fingerprint density at radius 1 is 1.27 bits per heavy atom. The summed E-state index contributed by atoms with van der Waals surface area (Å²) in [6.07, 6.45) is 5.00. The van der Waals surface area contributed by atoms with Gasteiger partial charge in [0.2, 0.25) is 11.9 Å². The minimum absolute atomic E-state index is 0.216. The summed E-state index contributed by atoms with van der Waals surface area (Å²) in [5.74, 6) is -2.29. The molecule has 1 saturated carbocycles. The molecule has 3 aromatic rings. The summed E-state index contributed by atoms with van der Waals surface area (Å²) in [5.41, 5.74) is 2.18. The number of halogens is 3. The molecule has 1 aliphatic rings. The van der Waals surface area contributed by atoms with Crippen molar-refractivity contribution in [2.24, 2.45) is 7.05 Å². The summed E-state index contributed by atoms with van der Waals surface area (Å²) in [4.78, 5) is 21.3. The second-order valence-electron chi connectivity index (χ2n) is 7.94. The Morgan fingerprint density at radius 2 is 2.03 bits per heavy atom. The number of amides is 1. The number of ether oxygens (including phenoxy) is 1. The number of methoxy groups -OCH3 is 1. The molecule has 8 nitrogen and oxygen atoms in total. The maximum atomic E-state index is 13.3. The average molecular weight is 477 g/mol. The van der Waals surface area contributed by atoms with E-state index in [9.17, 15) is 13.6 Å². The monoisotopic (exact) mass is 476 g/mol. The van der Waals surface area contributed by atoms with Crippen molar-refractivity contribution in [3.63, 3.8) is 0 Å². The van der Waals surface area contributed by atoms with Gasteiger partial charge in [0.1, 0.15) is 5.75 Å². The summed E-state index contributed by atoms with van der Waals surface area (Å²) in [6.45, 7) is 0. The first-order valence-electron chi connectivity index (χ1n) is 10.4. The predicted octanol–water partition coefficient (Wildman–Crippen LogP) is 4.59. The normalized spacial score (nSPS) is 15.8. The van der Waals surface area contributed by atoms with Crippen LogP contribution in [0.3, 0.4) is 0 Å². The molecule has 1 fully saturated rings.